The molecule has 2 aromatic heterocycles. The van der Waals surface area contributed by atoms with Gasteiger partial charge in [0.1, 0.15) is 5.82 Å². The summed E-state index contributed by atoms with van der Waals surface area (Å²) < 4.78 is 33.8. The largest absolute Gasteiger partial charge is 0.419 e. The average molecular weight is 430 g/mol. The topological polar surface area (TPSA) is 115 Å². The van der Waals surface area contributed by atoms with E-state index in [1.165, 1.54) is 21.0 Å². The van der Waals surface area contributed by atoms with Gasteiger partial charge in [0.25, 0.3) is 0 Å². The third-order valence-electron chi connectivity index (χ3n) is 5.39. The molecule has 1 aromatic carbocycles. The Morgan fingerprint density at radius 3 is 2.63 bits per heavy atom. The predicted molar refractivity (Wildman–Crippen MR) is 111 cm³/mol. The van der Waals surface area contributed by atoms with Gasteiger partial charge in [0.15, 0.2) is 5.58 Å². The van der Waals surface area contributed by atoms with E-state index in [-0.39, 0.29) is 35.4 Å². The number of fused-ring (bicyclic) bond motifs is 1. The molecule has 4 rings (SSSR count). The molecule has 1 N–H and O–H groups in total. The van der Waals surface area contributed by atoms with Gasteiger partial charge in [0.05, 0.1) is 10.4 Å². The number of pyridine rings is 1. The van der Waals surface area contributed by atoms with E-state index in [2.05, 4.69) is 10.3 Å². The zero-order valence-corrected chi connectivity index (χ0v) is 17.5. The molecule has 0 unspecified atom stereocenters. The summed E-state index contributed by atoms with van der Waals surface area (Å²) in [6.45, 7) is 2.38. The minimum atomic E-state index is -3.75. The van der Waals surface area contributed by atoms with Crippen LogP contribution in [0, 0.1) is 12.8 Å². The van der Waals surface area contributed by atoms with Gasteiger partial charge in [-0.25, -0.2) is 18.2 Å². The second kappa shape index (κ2) is 7.69. The molecular weight excluding hydrogens is 408 g/mol. The van der Waals surface area contributed by atoms with Crippen molar-refractivity contribution in [1.29, 1.82) is 0 Å². The lowest BCUT2D eigenvalue weighted by Crippen LogP contribution is -2.41. The normalized spacial score (nSPS) is 16.1. The van der Waals surface area contributed by atoms with Crippen LogP contribution in [-0.2, 0) is 21.9 Å². The minimum Gasteiger partial charge on any atom is -0.408 e. The lowest BCUT2D eigenvalue weighted by atomic mass is 9.97. The Morgan fingerprint density at radius 2 is 1.93 bits per heavy atom. The van der Waals surface area contributed by atoms with Crippen molar-refractivity contribution in [3.8, 4) is 0 Å². The molecule has 30 heavy (non-hydrogen) atoms. The van der Waals surface area contributed by atoms with Crippen LogP contribution in [0.2, 0.25) is 0 Å². The van der Waals surface area contributed by atoms with E-state index in [9.17, 15) is 18.0 Å². The Morgan fingerprint density at radius 1 is 1.20 bits per heavy atom. The fraction of sp³-hybridized carbons (Fsp3) is 0.350. The number of benzene rings is 1. The number of piperidine rings is 1. The van der Waals surface area contributed by atoms with Crippen LogP contribution in [0.4, 0.5) is 5.82 Å². The van der Waals surface area contributed by atoms with Gasteiger partial charge in [0.2, 0.25) is 15.9 Å². The molecule has 1 fully saturated rings. The Balaban J connectivity index is 1.45. The monoisotopic (exact) mass is 430 g/mol. The third kappa shape index (κ3) is 3.75. The first-order chi connectivity index (χ1) is 14.3. The van der Waals surface area contributed by atoms with Gasteiger partial charge >= 0.3 is 5.76 Å². The zero-order valence-electron chi connectivity index (χ0n) is 16.7. The average Bonchev–Trinajstić information content (AvgIpc) is 3.01. The molecule has 1 saturated heterocycles. The summed E-state index contributed by atoms with van der Waals surface area (Å²) in [5.41, 5.74) is 1.75. The standard InChI is InChI=1S/C20H22N4O5S/c1-13-5-8-21-18(11-13)22-19(25)14-6-9-24(10-7-14)30(27,28)15-3-4-16-17(12-15)29-20(26)23(16)2/h3-5,8,11-12,14H,6-7,9-10H2,1-2H3,(H,21,22,25). The predicted octanol–water partition coefficient (Wildman–Crippen LogP) is 1.87. The maximum atomic E-state index is 13.0. The number of oxazole rings is 1. The van der Waals surface area contributed by atoms with Crippen molar-refractivity contribution < 1.29 is 17.6 Å². The van der Waals surface area contributed by atoms with Crippen molar-refractivity contribution in [3.63, 3.8) is 0 Å². The third-order valence-corrected chi connectivity index (χ3v) is 7.29. The van der Waals surface area contributed by atoms with Crippen LogP contribution in [0.1, 0.15) is 18.4 Å². The zero-order chi connectivity index (χ0) is 21.5. The van der Waals surface area contributed by atoms with Crippen molar-refractivity contribution in [2.45, 2.75) is 24.7 Å². The Labute approximate surface area is 173 Å². The number of carbonyl (C=O) groups is 1. The highest BCUT2D eigenvalue weighted by atomic mass is 32.2. The molecule has 0 radical (unpaired) electrons. The summed E-state index contributed by atoms with van der Waals surface area (Å²) in [4.78, 5) is 28.4. The number of anilines is 1. The Kier molecular flexibility index (Phi) is 5.20. The number of hydrogen-bond donors (Lipinski definition) is 1. The van der Waals surface area contributed by atoms with Crippen LogP contribution in [0.3, 0.4) is 0 Å². The molecule has 1 aliphatic rings. The fourth-order valence-corrected chi connectivity index (χ4v) is 5.10. The number of sulfonamides is 1. The molecule has 158 valence electrons. The molecule has 0 saturated carbocycles. The number of amides is 1. The maximum absolute atomic E-state index is 13.0. The number of nitrogens with one attached hydrogen (secondary N) is 1. The molecule has 0 atom stereocenters. The van der Waals surface area contributed by atoms with Crippen LogP contribution in [0.5, 0.6) is 0 Å². The molecule has 1 aliphatic heterocycles. The van der Waals surface area contributed by atoms with Gasteiger partial charge < -0.3 is 9.73 Å². The fourth-order valence-electron chi connectivity index (χ4n) is 3.61. The highest BCUT2D eigenvalue weighted by Gasteiger charge is 2.32. The molecule has 0 bridgehead atoms. The van der Waals surface area contributed by atoms with Crippen LogP contribution in [0.15, 0.2) is 50.6 Å². The lowest BCUT2D eigenvalue weighted by molar-refractivity contribution is -0.120. The van der Waals surface area contributed by atoms with Crippen LogP contribution < -0.4 is 11.1 Å². The van der Waals surface area contributed by atoms with E-state index >= 15 is 0 Å². The van der Waals surface area contributed by atoms with E-state index in [4.69, 9.17) is 4.42 Å². The van der Waals surface area contributed by atoms with Crippen LogP contribution in [0.25, 0.3) is 11.1 Å². The Hall–Kier alpha value is -2.98. The van der Waals surface area contributed by atoms with E-state index < -0.39 is 15.8 Å². The van der Waals surface area contributed by atoms with Gasteiger partial charge in [-0.1, -0.05) is 0 Å². The van der Waals surface area contributed by atoms with Gasteiger partial charge in [-0.2, -0.15) is 4.31 Å². The van der Waals surface area contributed by atoms with E-state index in [0.717, 1.165) is 5.56 Å². The maximum Gasteiger partial charge on any atom is 0.419 e. The number of aromatic nitrogens is 2. The summed E-state index contributed by atoms with van der Waals surface area (Å²) in [6, 6.07) is 8.03. The molecule has 3 heterocycles. The van der Waals surface area contributed by atoms with Gasteiger partial charge in [-0.3, -0.25) is 9.36 Å². The van der Waals surface area contributed by atoms with Crippen molar-refractivity contribution in [3.05, 3.63) is 52.6 Å². The molecule has 1 amide bonds. The highest BCUT2D eigenvalue weighted by Crippen LogP contribution is 2.26. The number of rotatable bonds is 4. The minimum absolute atomic E-state index is 0.0659. The number of nitrogens with zero attached hydrogens (tertiary/aromatic N) is 3. The first-order valence-corrected chi connectivity index (χ1v) is 11.0. The molecule has 0 spiro atoms. The van der Waals surface area contributed by atoms with Crippen LogP contribution >= 0.6 is 0 Å². The lowest BCUT2D eigenvalue weighted by Gasteiger charge is -2.30. The second-order valence-electron chi connectivity index (χ2n) is 7.44. The number of hydrogen-bond acceptors (Lipinski definition) is 6. The van der Waals surface area contributed by atoms with Gasteiger partial charge in [0, 0.05) is 38.3 Å². The van der Waals surface area contributed by atoms with Crippen LogP contribution in [-0.4, -0.2) is 41.3 Å². The first kappa shape index (κ1) is 20.3. The van der Waals surface area contributed by atoms with Crippen molar-refractivity contribution in [1.82, 2.24) is 13.9 Å². The summed E-state index contributed by atoms with van der Waals surface area (Å²) in [7, 11) is -2.19. The molecule has 9 nitrogen and oxygen atoms in total. The smallest absolute Gasteiger partial charge is 0.408 e. The quantitative estimate of drug-likeness (QED) is 0.676. The molecular formula is C20H22N4O5S. The molecule has 0 aliphatic carbocycles. The number of carbonyl (C=O) groups excluding carboxylic acids is 1. The van der Waals surface area contributed by atoms with Gasteiger partial charge in [-0.15, -0.1) is 0 Å². The number of aryl methyl sites for hydroxylation is 2. The summed E-state index contributed by atoms with van der Waals surface area (Å²) >= 11 is 0. The highest BCUT2D eigenvalue weighted by molar-refractivity contribution is 7.89. The summed E-state index contributed by atoms with van der Waals surface area (Å²) in [5, 5.41) is 2.80. The van der Waals surface area contributed by atoms with E-state index in [0.29, 0.717) is 24.2 Å². The van der Waals surface area contributed by atoms with Crippen molar-refractivity contribution in [2.75, 3.05) is 18.4 Å². The summed E-state index contributed by atoms with van der Waals surface area (Å²) in [5.74, 6) is -0.492. The SMILES string of the molecule is Cc1ccnc(NC(=O)C2CCN(S(=O)(=O)c3ccc4c(c3)oc(=O)n4C)CC2)c1. The summed E-state index contributed by atoms with van der Waals surface area (Å²) in [6.07, 6.45) is 2.46. The second-order valence-corrected chi connectivity index (χ2v) is 9.38. The molecule has 3 aromatic rings. The first-order valence-electron chi connectivity index (χ1n) is 9.59. The molecule has 10 heteroatoms. The van der Waals surface area contributed by atoms with E-state index in [1.807, 2.05) is 13.0 Å². The van der Waals surface area contributed by atoms with Crippen molar-refractivity contribution >= 4 is 32.8 Å². The van der Waals surface area contributed by atoms with Crippen molar-refractivity contribution in [2.24, 2.45) is 13.0 Å². The van der Waals surface area contributed by atoms with Gasteiger partial charge in [-0.05, 0) is 49.6 Å². The Bertz CT molecular complexity index is 1270. The van der Waals surface area contributed by atoms with E-state index in [1.54, 1.807) is 25.4 Å².